The zero-order valence-electron chi connectivity index (χ0n) is 10.4. The molecular formula is C13H13N3O2. The Bertz CT molecular complexity index is 611. The van der Waals surface area contributed by atoms with Crippen LogP contribution in [0.5, 0.6) is 11.5 Å². The number of aromatic nitrogens is 2. The number of imidazole rings is 1. The molecule has 0 unspecified atom stereocenters. The highest BCUT2D eigenvalue weighted by Crippen LogP contribution is 2.31. The van der Waals surface area contributed by atoms with E-state index >= 15 is 0 Å². The first-order valence-corrected chi connectivity index (χ1v) is 5.38. The smallest absolute Gasteiger partial charge is 0.161 e. The first kappa shape index (κ1) is 12.0. The molecule has 0 amide bonds. The normalized spacial score (nSPS) is 9.89. The summed E-state index contributed by atoms with van der Waals surface area (Å²) < 4.78 is 10.4. The Morgan fingerprint density at radius 2 is 2.06 bits per heavy atom. The van der Waals surface area contributed by atoms with Crippen molar-refractivity contribution < 1.29 is 9.47 Å². The van der Waals surface area contributed by atoms with Crippen molar-refractivity contribution in [2.24, 2.45) is 0 Å². The number of hydrogen-bond donors (Lipinski definition) is 1. The third-order valence-electron chi connectivity index (χ3n) is 2.65. The fourth-order valence-electron chi connectivity index (χ4n) is 1.69. The van der Waals surface area contributed by atoms with Crippen LogP contribution in [0.2, 0.25) is 0 Å². The second-order valence-corrected chi connectivity index (χ2v) is 3.74. The van der Waals surface area contributed by atoms with Crippen molar-refractivity contribution in [3.8, 4) is 29.0 Å². The van der Waals surface area contributed by atoms with Crippen LogP contribution in [0.1, 0.15) is 11.4 Å². The van der Waals surface area contributed by atoms with Gasteiger partial charge in [-0.1, -0.05) is 0 Å². The molecule has 5 heteroatoms. The van der Waals surface area contributed by atoms with Crippen LogP contribution < -0.4 is 9.47 Å². The Labute approximate surface area is 105 Å². The molecule has 1 aromatic carbocycles. The summed E-state index contributed by atoms with van der Waals surface area (Å²) >= 11 is 0. The summed E-state index contributed by atoms with van der Waals surface area (Å²) in [6, 6.07) is 7.48. The summed E-state index contributed by atoms with van der Waals surface area (Å²) in [7, 11) is 3.18. The predicted octanol–water partition coefficient (Wildman–Crippen LogP) is 2.27. The molecule has 0 aliphatic carbocycles. The van der Waals surface area contributed by atoms with E-state index in [-0.39, 0.29) is 0 Å². The number of ether oxygens (including phenoxy) is 2. The third-order valence-corrected chi connectivity index (χ3v) is 2.65. The molecule has 92 valence electrons. The fraction of sp³-hybridized carbons (Fsp3) is 0.231. The van der Waals surface area contributed by atoms with Crippen LogP contribution in [0.15, 0.2) is 18.2 Å². The van der Waals surface area contributed by atoms with Crippen LogP contribution in [0.3, 0.4) is 0 Å². The van der Waals surface area contributed by atoms with E-state index in [4.69, 9.17) is 14.7 Å². The number of hydrogen-bond acceptors (Lipinski definition) is 4. The second-order valence-electron chi connectivity index (χ2n) is 3.74. The van der Waals surface area contributed by atoms with E-state index < -0.39 is 0 Å². The maximum Gasteiger partial charge on any atom is 0.161 e. The van der Waals surface area contributed by atoms with E-state index in [1.165, 1.54) is 0 Å². The summed E-state index contributed by atoms with van der Waals surface area (Å²) in [6.45, 7) is 1.81. The van der Waals surface area contributed by atoms with Crippen LogP contribution in [-0.2, 0) is 0 Å². The van der Waals surface area contributed by atoms with Crippen molar-refractivity contribution in [1.29, 1.82) is 5.26 Å². The quantitative estimate of drug-likeness (QED) is 0.897. The summed E-state index contributed by atoms with van der Waals surface area (Å²) in [5, 5.41) is 8.90. The first-order valence-electron chi connectivity index (χ1n) is 5.38. The molecule has 0 spiro atoms. The lowest BCUT2D eigenvalue weighted by atomic mass is 10.2. The number of nitrogens with zero attached hydrogens (tertiary/aromatic N) is 2. The van der Waals surface area contributed by atoms with Gasteiger partial charge in [0.15, 0.2) is 5.69 Å². The Hall–Kier alpha value is -2.48. The monoisotopic (exact) mass is 243 g/mol. The minimum absolute atomic E-state index is 0.392. The number of aromatic amines is 1. The Morgan fingerprint density at radius 1 is 1.28 bits per heavy atom. The van der Waals surface area contributed by atoms with Gasteiger partial charge in [-0.15, -0.1) is 0 Å². The van der Waals surface area contributed by atoms with Gasteiger partial charge in [-0.25, -0.2) is 4.98 Å². The van der Waals surface area contributed by atoms with Crippen LogP contribution in [-0.4, -0.2) is 24.2 Å². The maximum absolute atomic E-state index is 8.90. The van der Waals surface area contributed by atoms with Gasteiger partial charge >= 0.3 is 0 Å². The van der Waals surface area contributed by atoms with Crippen molar-refractivity contribution in [3.05, 3.63) is 29.6 Å². The lowest BCUT2D eigenvalue weighted by molar-refractivity contribution is 0.395. The maximum atomic E-state index is 8.90. The molecule has 2 aromatic rings. The molecule has 1 heterocycles. The van der Waals surface area contributed by atoms with Crippen molar-refractivity contribution in [2.75, 3.05) is 14.2 Å². The highest BCUT2D eigenvalue weighted by atomic mass is 16.5. The summed E-state index contributed by atoms with van der Waals surface area (Å²) in [5.41, 5.74) is 1.93. The number of nitriles is 1. The van der Waals surface area contributed by atoms with E-state index in [2.05, 4.69) is 9.97 Å². The van der Waals surface area contributed by atoms with Gasteiger partial charge < -0.3 is 14.5 Å². The highest BCUT2D eigenvalue weighted by molar-refractivity contribution is 5.66. The molecule has 0 fully saturated rings. The second kappa shape index (κ2) is 4.80. The molecule has 5 nitrogen and oxygen atoms in total. The molecule has 0 saturated carbocycles. The van der Waals surface area contributed by atoms with Gasteiger partial charge in [0, 0.05) is 6.07 Å². The molecule has 0 radical (unpaired) electrons. The van der Waals surface area contributed by atoms with Crippen LogP contribution >= 0.6 is 0 Å². The number of benzene rings is 1. The minimum Gasteiger partial charge on any atom is -0.497 e. The molecule has 1 aromatic heterocycles. The highest BCUT2D eigenvalue weighted by Gasteiger charge is 2.13. The van der Waals surface area contributed by atoms with E-state index in [1.807, 2.05) is 25.1 Å². The number of nitrogens with one attached hydrogen (secondary N) is 1. The van der Waals surface area contributed by atoms with Crippen molar-refractivity contribution >= 4 is 0 Å². The molecule has 18 heavy (non-hydrogen) atoms. The van der Waals surface area contributed by atoms with E-state index in [1.54, 1.807) is 20.3 Å². The van der Waals surface area contributed by atoms with Gasteiger partial charge in [-0.3, -0.25) is 0 Å². The average molecular weight is 243 g/mol. The fourth-order valence-corrected chi connectivity index (χ4v) is 1.69. The molecule has 0 saturated heterocycles. The van der Waals surface area contributed by atoms with Crippen molar-refractivity contribution in [3.63, 3.8) is 0 Å². The summed E-state index contributed by atoms with van der Waals surface area (Å²) in [4.78, 5) is 7.29. The summed E-state index contributed by atoms with van der Waals surface area (Å²) in [5.74, 6) is 1.97. The number of rotatable bonds is 3. The predicted molar refractivity (Wildman–Crippen MR) is 66.6 cm³/mol. The topological polar surface area (TPSA) is 70.9 Å². The summed E-state index contributed by atoms with van der Waals surface area (Å²) in [6.07, 6.45) is 0. The van der Waals surface area contributed by atoms with Crippen LogP contribution in [0.4, 0.5) is 0 Å². The van der Waals surface area contributed by atoms with Gasteiger partial charge in [0.2, 0.25) is 0 Å². The van der Waals surface area contributed by atoms with Crippen LogP contribution in [0, 0.1) is 18.3 Å². The van der Waals surface area contributed by atoms with Crippen molar-refractivity contribution in [1.82, 2.24) is 9.97 Å². The lowest BCUT2D eigenvalue weighted by Gasteiger charge is -2.08. The van der Waals surface area contributed by atoms with E-state index in [9.17, 15) is 0 Å². The number of methoxy groups -OCH3 is 2. The zero-order chi connectivity index (χ0) is 13.1. The number of H-pyrrole nitrogens is 1. The molecule has 0 atom stereocenters. The molecule has 0 aliphatic heterocycles. The molecule has 2 rings (SSSR count). The Kier molecular flexibility index (Phi) is 3.20. The minimum atomic E-state index is 0.392. The largest absolute Gasteiger partial charge is 0.497 e. The van der Waals surface area contributed by atoms with Gasteiger partial charge in [0.05, 0.1) is 25.5 Å². The Morgan fingerprint density at radius 3 is 2.61 bits per heavy atom. The first-order chi connectivity index (χ1) is 8.69. The Balaban J connectivity index is 2.53. The SMILES string of the molecule is COc1ccc(-c2nc(C#N)c(C)[nH]2)c(OC)c1. The average Bonchev–Trinajstić information content (AvgIpc) is 2.79. The van der Waals surface area contributed by atoms with E-state index in [0.717, 1.165) is 11.3 Å². The molecule has 0 aliphatic rings. The molecule has 1 N–H and O–H groups in total. The van der Waals surface area contributed by atoms with Crippen LogP contribution in [0.25, 0.3) is 11.4 Å². The molecular weight excluding hydrogens is 230 g/mol. The zero-order valence-corrected chi connectivity index (χ0v) is 10.4. The number of aryl methyl sites for hydroxylation is 1. The standard InChI is InChI=1S/C13H13N3O2/c1-8-11(7-14)16-13(15-8)10-5-4-9(17-2)6-12(10)18-3/h4-6H,1-3H3,(H,15,16). The van der Waals surface area contributed by atoms with Gasteiger partial charge in [-0.05, 0) is 19.1 Å². The lowest BCUT2D eigenvalue weighted by Crippen LogP contribution is -1.91. The van der Waals surface area contributed by atoms with E-state index in [0.29, 0.717) is 23.0 Å². The van der Waals surface area contributed by atoms with Gasteiger partial charge in [0.1, 0.15) is 23.4 Å². The van der Waals surface area contributed by atoms with Crippen molar-refractivity contribution in [2.45, 2.75) is 6.92 Å². The van der Waals surface area contributed by atoms with Gasteiger partial charge in [0.25, 0.3) is 0 Å². The third kappa shape index (κ3) is 2.00. The molecule has 0 bridgehead atoms. The van der Waals surface area contributed by atoms with Gasteiger partial charge in [-0.2, -0.15) is 5.26 Å².